The fourth-order valence-corrected chi connectivity index (χ4v) is 4.11. The van der Waals surface area contributed by atoms with Crippen LogP contribution >= 0.6 is 0 Å². The van der Waals surface area contributed by atoms with Gasteiger partial charge in [0, 0.05) is 23.8 Å². The van der Waals surface area contributed by atoms with Crippen molar-refractivity contribution in [1.29, 1.82) is 0 Å². The molecule has 2 heterocycles. The molecule has 2 aromatic rings. The molecule has 1 aliphatic heterocycles. The van der Waals surface area contributed by atoms with Gasteiger partial charge in [0.2, 0.25) is 0 Å². The SMILES string of the molecule is CC1Cc2ccccc2N1c1cc(NC2CCCCCC2)ncn1. The van der Waals surface area contributed by atoms with Crippen molar-refractivity contribution in [3.8, 4) is 0 Å². The molecule has 4 heteroatoms. The first-order valence-electron chi connectivity index (χ1n) is 9.27. The van der Waals surface area contributed by atoms with Crippen molar-refractivity contribution < 1.29 is 0 Å². The van der Waals surface area contributed by atoms with Gasteiger partial charge < -0.3 is 10.2 Å². The molecule has 126 valence electrons. The Hall–Kier alpha value is -2.10. The normalized spacial score (nSPS) is 21.4. The first-order valence-corrected chi connectivity index (χ1v) is 9.27. The van der Waals surface area contributed by atoms with E-state index in [1.165, 1.54) is 49.8 Å². The number of rotatable bonds is 3. The molecule has 4 rings (SSSR count). The number of fused-ring (bicyclic) bond motifs is 1. The molecule has 1 N–H and O–H groups in total. The van der Waals surface area contributed by atoms with Crippen molar-refractivity contribution in [3.63, 3.8) is 0 Å². The summed E-state index contributed by atoms with van der Waals surface area (Å²) in [5.41, 5.74) is 2.69. The van der Waals surface area contributed by atoms with Crippen LogP contribution in [0.2, 0.25) is 0 Å². The van der Waals surface area contributed by atoms with Crippen LogP contribution in [0.25, 0.3) is 0 Å². The smallest absolute Gasteiger partial charge is 0.138 e. The Morgan fingerprint density at radius 3 is 2.67 bits per heavy atom. The number of para-hydroxylation sites is 1. The molecule has 1 atom stereocenters. The van der Waals surface area contributed by atoms with Gasteiger partial charge in [-0.05, 0) is 37.8 Å². The Kier molecular flexibility index (Phi) is 4.37. The van der Waals surface area contributed by atoms with E-state index in [4.69, 9.17) is 0 Å². The average Bonchev–Trinajstić information content (AvgIpc) is 2.75. The van der Waals surface area contributed by atoms with Gasteiger partial charge in [0.1, 0.15) is 18.0 Å². The monoisotopic (exact) mass is 322 g/mol. The summed E-state index contributed by atoms with van der Waals surface area (Å²) >= 11 is 0. The molecule has 24 heavy (non-hydrogen) atoms. The second kappa shape index (κ2) is 6.80. The van der Waals surface area contributed by atoms with Gasteiger partial charge in [0.05, 0.1) is 0 Å². The summed E-state index contributed by atoms with van der Waals surface area (Å²) < 4.78 is 0. The van der Waals surface area contributed by atoms with E-state index < -0.39 is 0 Å². The van der Waals surface area contributed by atoms with E-state index in [0.29, 0.717) is 12.1 Å². The lowest BCUT2D eigenvalue weighted by Gasteiger charge is -2.24. The van der Waals surface area contributed by atoms with Crippen molar-refractivity contribution in [1.82, 2.24) is 9.97 Å². The maximum Gasteiger partial charge on any atom is 0.138 e. The summed E-state index contributed by atoms with van der Waals surface area (Å²) in [5.74, 6) is 1.96. The summed E-state index contributed by atoms with van der Waals surface area (Å²) in [7, 11) is 0. The van der Waals surface area contributed by atoms with Crippen LogP contribution in [0.3, 0.4) is 0 Å². The average molecular weight is 322 g/mol. The summed E-state index contributed by atoms with van der Waals surface area (Å²) in [6.45, 7) is 2.26. The molecule has 0 saturated heterocycles. The third-order valence-corrected chi connectivity index (χ3v) is 5.31. The minimum atomic E-state index is 0.433. The molecule has 1 aliphatic carbocycles. The standard InChI is InChI=1S/C20H26N4/c1-15-12-16-8-6-7-11-18(16)24(15)20-13-19(21-14-22-20)23-17-9-4-2-3-5-10-17/h6-8,11,13-15,17H,2-5,9-10,12H2,1H3,(H,21,22,23). The number of hydrogen-bond acceptors (Lipinski definition) is 4. The topological polar surface area (TPSA) is 41.0 Å². The Labute approximate surface area is 144 Å². The van der Waals surface area contributed by atoms with Crippen LogP contribution in [0, 0.1) is 0 Å². The van der Waals surface area contributed by atoms with Crippen LogP contribution in [0.5, 0.6) is 0 Å². The quantitative estimate of drug-likeness (QED) is 0.832. The van der Waals surface area contributed by atoms with E-state index in [-0.39, 0.29) is 0 Å². The van der Waals surface area contributed by atoms with Crippen molar-refractivity contribution in [2.75, 3.05) is 10.2 Å². The third-order valence-electron chi connectivity index (χ3n) is 5.31. The molecule has 1 unspecified atom stereocenters. The molecule has 0 bridgehead atoms. The second-order valence-corrected chi connectivity index (χ2v) is 7.15. The lowest BCUT2D eigenvalue weighted by atomic mass is 10.1. The van der Waals surface area contributed by atoms with E-state index in [0.717, 1.165) is 18.1 Å². The predicted octanol–water partition coefficient (Wildman–Crippen LogP) is 4.69. The molecule has 4 nitrogen and oxygen atoms in total. The molecule has 1 aromatic carbocycles. The molecule has 0 radical (unpaired) electrons. The highest BCUT2D eigenvalue weighted by Crippen LogP contribution is 2.37. The Morgan fingerprint density at radius 2 is 1.83 bits per heavy atom. The van der Waals surface area contributed by atoms with E-state index >= 15 is 0 Å². The Morgan fingerprint density at radius 1 is 1.04 bits per heavy atom. The minimum Gasteiger partial charge on any atom is -0.367 e. The zero-order valence-electron chi connectivity index (χ0n) is 14.4. The summed E-state index contributed by atoms with van der Waals surface area (Å²) in [6.07, 6.45) is 10.7. The first kappa shape index (κ1) is 15.4. The van der Waals surface area contributed by atoms with Gasteiger partial charge >= 0.3 is 0 Å². The molecule has 0 spiro atoms. The number of nitrogens with zero attached hydrogens (tertiary/aromatic N) is 3. The fraction of sp³-hybridized carbons (Fsp3) is 0.500. The highest BCUT2D eigenvalue weighted by atomic mass is 15.2. The lowest BCUT2D eigenvalue weighted by Crippen LogP contribution is -2.25. The molecule has 1 fully saturated rings. The van der Waals surface area contributed by atoms with Crippen molar-refractivity contribution >= 4 is 17.3 Å². The number of anilines is 3. The van der Waals surface area contributed by atoms with Crippen LogP contribution in [0.15, 0.2) is 36.7 Å². The van der Waals surface area contributed by atoms with E-state index in [2.05, 4.69) is 57.4 Å². The fourth-order valence-electron chi connectivity index (χ4n) is 4.11. The highest BCUT2D eigenvalue weighted by Gasteiger charge is 2.28. The number of aromatic nitrogens is 2. The molecule has 0 amide bonds. The van der Waals surface area contributed by atoms with Gasteiger partial charge in [0.25, 0.3) is 0 Å². The predicted molar refractivity (Wildman–Crippen MR) is 98.9 cm³/mol. The minimum absolute atomic E-state index is 0.433. The molecule has 2 aliphatic rings. The Balaban J connectivity index is 1.56. The van der Waals surface area contributed by atoms with Crippen LogP contribution in [-0.4, -0.2) is 22.1 Å². The van der Waals surface area contributed by atoms with Gasteiger partial charge in [-0.3, -0.25) is 0 Å². The molecular formula is C20H26N4. The van der Waals surface area contributed by atoms with Gasteiger partial charge in [-0.15, -0.1) is 0 Å². The Bertz CT molecular complexity index is 692. The highest BCUT2D eigenvalue weighted by molar-refractivity contribution is 5.70. The van der Waals surface area contributed by atoms with E-state index in [1.807, 2.05) is 0 Å². The van der Waals surface area contributed by atoms with Gasteiger partial charge in [-0.25, -0.2) is 9.97 Å². The molecule has 1 saturated carbocycles. The number of hydrogen-bond donors (Lipinski definition) is 1. The maximum absolute atomic E-state index is 4.56. The largest absolute Gasteiger partial charge is 0.367 e. The third kappa shape index (κ3) is 3.10. The van der Waals surface area contributed by atoms with E-state index in [9.17, 15) is 0 Å². The second-order valence-electron chi connectivity index (χ2n) is 7.15. The lowest BCUT2D eigenvalue weighted by molar-refractivity contribution is 0.617. The van der Waals surface area contributed by atoms with Crippen LogP contribution < -0.4 is 10.2 Å². The van der Waals surface area contributed by atoms with Crippen molar-refractivity contribution in [2.45, 2.75) is 64.0 Å². The van der Waals surface area contributed by atoms with Gasteiger partial charge in [0.15, 0.2) is 0 Å². The van der Waals surface area contributed by atoms with Crippen LogP contribution in [0.4, 0.5) is 17.3 Å². The zero-order chi connectivity index (χ0) is 16.4. The van der Waals surface area contributed by atoms with Gasteiger partial charge in [-0.2, -0.15) is 0 Å². The summed E-state index contributed by atoms with van der Waals surface area (Å²) in [4.78, 5) is 11.4. The van der Waals surface area contributed by atoms with Crippen LogP contribution in [-0.2, 0) is 6.42 Å². The first-order chi connectivity index (χ1) is 11.8. The number of benzene rings is 1. The maximum atomic E-state index is 4.56. The summed E-state index contributed by atoms with van der Waals surface area (Å²) in [5, 5.41) is 3.65. The molecular weight excluding hydrogens is 296 g/mol. The van der Waals surface area contributed by atoms with Crippen molar-refractivity contribution in [3.05, 3.63) is 42.2 Å². The van der Waals surface area contributed by atoms with Crippen molar-refractivity contribution in [2.24, 2.45) is 0 Å². The molecule has 1 aromatic heterocycles. The zero-order valence-corrected chi connectivity index (χ0v) is 14.4. The van der Waals surface area contributed by atoms with Crippen LogP contribution in [0.1, 0.15) is 51.0 Å². The summed E-state index contributed by atoms with van der Waals surface area (Å²) in [6, 6.07) is 11.7. The number of nitrogens with one attached hydrogen (secondary N) is 1. The van der Waals surface area contributed by atoms with E-state index in [1.54, 1.807) is 6.33 Å². The van der Waals surface area contributed by atoms with Gasteiger partial charge in [-0.1, -0.05) is 43.9 Å².